The van der Waals surface area contributed by atoms with Crippen LogP contribution in [0, 0.1) is 24.2 Å². The van der Waals surface area contributed by atoms with Crippen molar-refractivity contribution in [1.29, 1.82) is 5.26 Å². The molecule has 0 unspecified atom stereocenters. The molecule has 0 aliphatic rings. The van der Waals surface area contributed by atoms with Crippen LogP contribution < -0.4 is 5.32 Å². The highest BCUT2D eigenvalue weighted by molar-refractivity contribution is 5.92. The Morgan fingerprint density at radius 2 is 2.21 bits per heavy atom. The molecule has 24 heavy (non-hydrogen) atoms. The maximum Gasteiger partial charge on any atom is 0.433 e. The number of hydrogen-bond donors (Lipinski definition) is 2. The minimum Gasteiger partial charge on any atom is -0.356 e. The third-order valence-corrected chi connectivity index (χ3v) is 3.34. The van der Waals surface area contributed by atoms with Crippen LogP contribution in [-0.2, 0) is 12.7 Å². The number of carbonyl (C=O) groups excluding carboxylic acids is 1. The van der Waals surface area contributed by atoms with Crippen molar-refractivity contribution >= 4 is 5.91 Å². The molecule has 0 aliphatic heterocycles. The molecule has 0 saturated heterocycles. The van der Waals surface area contributed by atoms with Gasteiger partial charge in [-0.2, -0.15) is 23.5 Å². The average molecular weight is 339 g/mol. The number of aryl methyl sites for hydroxylation is 1. The number of carbonyl (C=O) groups is 1. The highest BCUT2D eigenvalue weighted by atomic mass is 19.4. The molecule has 0 aliphatic carbocycles. The van der Waals surface area contributed by atoms with Crippen LogP contribution in [0.5, 0.6) is 0 Å². The lowest BCUT2D eigenvalue weighted by Crippen LogP contribution is -2.31. The fourth-order valence-electron chi connectivity index (χ4n) is 2.22. The number of nitrogens with one attached hydrogen (secondary N) is 2. The molecule has 0 aromatic carbocycles. The Balaban J connectivity index is 1.95. The molecule has 1 atom stereocenters. The molecule has 2 heterocycles. The highest BCUT2D eigenvalue weighted by Crippen LogP contribution is 2.30. The van der Waals surface area contributed by atoms with E-state index in [4.69, 9.17) is 5.26 Å². The van der Waals surface area contributed by atoms with Crippen molar-refractivity contribution in [2.45, 2.75) is 26.6 Å². The maximum absolute atomic E-state index is 12.9. The second-order valence-corrected chi connectivity index (χ2v) is 5.58. The Bertz CT molecular complexity index is 769. The number of nitriles is 1. The number of halogens is 3. The van der Waals surface area contributed by atoms with Crippen LogP contribution in [0.15, 0.2) is 18.3 Å². The fraction of sp³-hybridized carbons (Fsp3) is 0.400. The Morgan fingerprint density at radius 3 is 2.79 bits per heavy atom. The van der Waals surface area contributed by atoms with Crippen molar-refractivity contribution in [3.8, 4) is 6.07 Å². The molecule has 2 aromatic rings. The lowest BCUT2D eigenvalue weighted by atomic mass is 10.1. The smallest absolute Gasteiger partial charge is 0.356 e. The minimum absolute atomic E-state index is 0.0249. The highest BCUT2D eigenvalue weighted by Gasteiger charge is 2.35. The maximum atomic E-state index is 12.9. The molecule has 0 radical (unpaired) electrons. The van der Waals surface area contributed by atoms with Crippen molar-refractivity contribution in [2.24, 2.45) is 5.92 Å². The normalized spacial score (nSPS) is 12.7. The van der Waals surface area contributed by atoms with Gasteiger partial charge in [-0.05, 0) is 25.0 Å². The average Bonchev–Trinajstić information content (AvgIpc) is 3.10. The summed E-state index contributed by atoms with van der Waals surface area (Å²) in [6.07, 6.45) is -3.07. The van der Waals surface area contributed by atoms with E-state index >= 15 is 0 Å². The van der Waals surface area contributed by atoms with Crippen molar-refractivity contribution < 1.29 is 18.0 Å². The van der Waals surface area contributed by atoms with Gasteiger partial charge in [0.1, 0.15) is 17.5 Å². The lowest BCUT2D eigenvalue weighted by molar-refractivity contribution is -0.144. The molecule has 1 amide bonds. The van der Waals surface area contributed by atoms with E-state index < -0.39 is 17.8 Å². The summed E-state index contributed by atoms with van der Waals surface area (Å²) in [6.45, 7) is 3.41. The Labute approximate surface area is 136 Å². The van der Waals surface area contributed by atoms with Crippen LogP contribution in [-0.4, -0.2) is 27.2 Å². The summed E-state index contributed by atoms with van der Waals surface area (Å²) in [4.78, 5) is 14.6. The van der Waals surface area contributed by atoms with E-state index in [2.05, 4.69) is 15.4 Å². The van der Waals surface area contributed by atoms with Gasteiger partial charge in [-0.25, -0.2) is 0 Å². The SMILES string of the molecule is Cc1cc(C(F)(F)F)n(C[C@@H](C)CNC(=O)c2cc(C#N)c[nH]2)n1. The molecule has 2 N–H and O–H groups in total. The minimum atomic E-state index is -4.47. The van der Waals surface area contributed by atoms with E-state index in [0.717, 1.165) is 10.7 Å². The molecule has 6 nitrogen and oxygen atoms in total. The number of rotatable bonds is 5. The summed E-state index contributed by atoms with van der Waals surface area (Å²) < 4.78 is 39.7. The number of H-pyrrole nitrogens is 1. The largest absolute Gasteiger partial charge is 0.433 e. The van der Waals surface area contributed by atoms with E-state index in [-0.39, 0.29) is 30.4 Å². The Morgan fingerprint density at radius 1 is 1.50 bits per heavy atom. The van der Waals surface area contributed by atoms with Crippen molar-refractivity contribution in [3.05, 3.63) is 41.0 Å². The molecule has 2 rings (SSSR count). The molecule has 2 aromatic heterocycles. The first-order chi connectivity index (χ1) is 11.2. The zero-order chi connectivity index (χ0) is 17.9. The van der Waals surface area contributed by atoms with E-state index in [1.807, 2.05) is 6.07 Å². The second-order valence-electron chi connectivity index (χ2n) is 5.58. The first-order valence-electron chi connectivity index (χ1n) is 7.19. The van der Waals surface area contributed by atoms with Crippen molar-refractivity contribution in [1.82, 2.24) is 20.1 Å². The van der Waals surface area contributed by atoms with Crippen molar-refractivity contribution in [2.75, 3.05) is 6.54 Å². The third-order valence-electron chi connectivity index (χ3n) is 3.34. The summed E-state index contributed by atoms with van der Waals surface area (Å²) in [5.41, 5.74) is 0.0369. The molecule has 128 valence electrons. The summed E-state index contributed by atoms with van der Waals surface area (Å²) in [5, 5.41) is 15.2. The van der Waals surface area contributed by atoms with Gasteiger partial charge in [-0.3, -0.25) is 9.48 Å². The summed E-state index contributed by atoms with van der Waals surface area (Å²) in [6, 6.07) is 4.29. The summed E-state index contributed by atoms with van der Waals surface area (Å²) >= 11 is 0. The number of aromatic amines is 1. The Hall–Kier alpha value is -2.76. The molecular formula is C15H16F3N5O. The second kappa shape index (κ2) is 6.78. The van der Waals surface area contributed by atoms with Gasteiger partial charge in [0, 0.05) is 19.3 Å². The predicted molar refractivity (Wildman–Crippen MR) is 79.0 cm³/mol. The predicted octanol–water partition coefficient (Wildman–Crippen LogP) is 2.48. The van der Waals surface area contributed by atoms with E-state index in [0.29, 0.717) is 5.56 Å². The fourth-order valence-corrected chi connectivity index (χ4v) is 2.22. The molecule has 0 spiro atoms. The van der Waals surface area contributed by atoms with Crippen LogP contribution in [0.3, 0.4) is 0 Å². The molecule has 9 heteroatoms. The van der Waals surface area contributed by atoms with Crippen LogP contribution in [0.1, 0.15) is 34.4 Å². The van der Waals surface area contributed by atoms with Gasteiger partial charge < -0.3 is 10.3 Å². The molecule has 0 fully saturated rings. The van der Waals surface area contributed by atoms with E-state index in [1.165, 1.54) is 19.2 Å². The summed E-state index contributed by atoms with van der Waals surface area (Å²) in [7, 11) is 0. The van der Waals surface area contributed by atoms with Gasteiger partial charge in [0.05, 0.1) is 11.3 Å². The van der Waals surface area contributed by atoms with Crippen LogP contribution in [0.2, 0.25) is 0 Å². The first kappa shape index (κ1) is 17.6. The van der Waals surface area contributed by atoms with E-state index in [1.54, 1.807) is 6.92 Å². The van der Waals surface area contributed by atoms with Gasteiger partial charge >= 0.3 is 6.18 Å². The number of alkyl halides is 3. The number of nitrogens with zero attached hydrogens (tertiary/aromatic N) is 3. The number of amides is 1. The summed E-state index contributed by atoms with van der Waals surface area (Å²) in [5.74, 6) is -0.684. The monoisotopic (exact) mass is 339 g/mol. The topological polar surface area (TPSA) is 86.5 Å². The lowest BCUT2D eigenvalue weighted by Gasteiger charge is -2.15. The molecule has 0 bridgehead atoms. The zero-order valence-corrected chi connectivity index (χ0v) is 13.1. The Kier molecular flexibility index (Phi) is 4.97. The van der Waals surface area contributed by atoms with Gasteiger partial charge in [0.15, 0.2) is 0 Å². The van der Waals surface area contributed by atoms with Crippen LogP contribution in [0.4, 0.5) is 13.2 Å². The zero-order valence-electron chi connectivity index (χ0n) is 13.1. The van der Waals surface area contributed by atoms with Gasteiger partial charge in [-0.1, -0.05) is 6.92 Å². The van der Waals surface area contributed by atoms with Crippen molar-refractivity contribution in [3.63, 3.8) is 0 Å². The third kappa shape index (κ3) is 4.16. The quantitative estimate of drug-likeness (QED) is 0.877. The number of hydrogen-bond acceptors (Lipinski definition) is 3. The van der Waals surface area contributed by atoms with Gasteiger partial charge in [-0.15, -0.1) is 0 Å². The standard InChI is InChI=1S/C15H16F3N5O/c1-9(6-21-14(24)12-4-11(5-19)7-20-12)8-23-13(15(16,17)18)3-10(2)22-23/h3-4,7,9,20H,6,8H2,1-2H3,(H,21,24)/t9-/m0/s1. The van der Waals surface area contributed by atoms with Gasteiger partial charge in [0.25, 0.3) is 5.91 Å². The first-order valence-corrected chi connectivity index (χ1v) is 7.19. The molecular weight excluding hydrogens is 323 g/mol. The van der Waals surface area contributed by atoms with Crippen LogP contribution in [0.25, 0.3) is 0 Å². The van der Waals surface area contributed by atoms with Crippen LogP contribution >= 0.6 is 0 Å². The number of aromatic nitrogens is 3. The van der Waals surface area contributed by atoms with E-state index in [9.17, 15) is 18.0 Å². The molecule has 0 saturated carbocycles. The van der Waals surface area contributed by atoms with Gasteiger partial charge in [0.2, 0.25) is 0 Å².